The van der Waals surface area contributed by atoms with Crippen LogP contribution in [0.4, 0.5) is 0 Å². The highest BCUT2D eigenvalue weighted by molar-refractivity contribution is 5.96. The van der Waals surface area contributed by atoms with Crippen molar-refractivity contribution in [2.75, 3.05) is 6.61 Å². The van der Waals surface area contributed by atoms with Crippen molar-refractivity contribution in [2.24, 2.45) is 13.0 Å². The zero-order chi connectivity index (χ0) is 12.6. The third-order valence-corrected chi connectivity index (χ3v) is 4.34. The van der Waals surface area contributed by atoms with Gasteiger partial charge in [0.15, 0.2) is 5.78 Å². The minimum absolute atomic E-state index is 0.00730. The number of ether oxygens (including phenoxy) is 1. The molecule has 0 radical (unpaired) electrons. The first-order chi connectivity index (χ1) is 8.69. The largest absolute Gasteiger partial charge is 0.375 e. The maximum Gasteiger partial charge on any atom is 0.186 e. The van der Waals surface area contributed by atoms with E-state index in [-0.39, 0.29) is 17.3 Å². The Morgan fingerprint density at radius 2 is 2.28 bits per heavy atom. The normalized spacial score (nSPS) is 26.6. The molecule has 2 fully saturated rings. The smallest absolute Gasteiger partial charge is 0.186 e. The van der Waals surface area contributed by atoms with Gasteiger partial charge in [0.25, 0.3) is 0 Å². The van der Waals surface area contributed by atoms with Crippen molar-refractivity contribution < 1.29 is 9.53 Å². The van der Waals surface area contributed by atoms with Gasteiger partial charge in [-0.05, 0) is 31.7 Å². The maximum absolute atomic E-state index is 12.4. The number of ketones is 1. The van der Waals surface area contributed by atoms with E-state index >= 15 is 0 Å². The third kappa shape index (κ3) is 2.09. The van der Waals surface area contributed by atoms with E-state index in [0.29, 0.717) is 5.69 Å². The predicted octanol–water partition coefficient (Wildman–Crippen LogP) is 2.34. The van der Waals surface area contributed by atoms with Crippen LogP contribution in [0.3, 0.4) is 0 Å². The molecule has 1 saturated heterocycles. The molecule has 0 N–H and O–H groups in total. The Labute approximate surface area is 107 Å². The molecule has 98 valence electrons. The van der Waals surface area contributed by atoms with Crippen molar-refractivity contribution in [1.29, 1.82) is 0 Å². The van der Waals surface area contributed by atoms with Crippen LogP contribution >= 0.6 is 0 Å². The van der Waals surface area contributed by atoms with E-state index in [2.05, 4.69) is 5.10 Å². The van der Waals surface area contributed by atoms with E-state index < -0.39 is 0 Å². The third-order valence-electron chi connectivity index (χ3n) is 4.34. The minimum atomic E-state index is 0.00730. The predicted molar refractivity (Wildman–Crippen MR) is 67.4 cm³/mol. The fourth-order valence-electron chi connectivity index (χ4n) is 3.37. The highest BCUT2D eigenvalue weighted by Gasteiger charge is 2.42. The van der Waals surface area contributed by atoms with Gasteiger partial charge in [-0.1, -0.05) is 12.8 Å². The van der Waals surface area contributed by atoms with Crippen LogP contribution in [-0.2, 0) is 11.8 Å². The van der Waals surface area contributed by atoms with Crippen LogP contribution in [0.15, 0.2) is 12.3 Å². The number of rotatable bonds is 2. The van der Waals surface area contributed by atoms with Crippen LogP contribution in [0.1, 0.15) is 49.0 Å². The van der Waals surface area contributed by atoms with Gasteiger partial charge in [0.05, 0.1) is 5.60 Å². The summed E-state index contributed by atoms with van der Waals surface area (Å²) < 4.78 is 7.66. The van der Waals surface area contributed by atoms with Crippen LogP contribution in [-0.4, -0.2) is 27.8 Å². The molecule has 2 aliphatic rings. The van der Waals surface area contributed by atoms with Crippen LogP contribution in [0.2, 0.25) is 0 Å². The summed E-state index contributed by atoms with van der Waals surface area (Å²) >= 11 is 0. The number of hydrogen-bond acceptors (Lipinski definition) is 3. The number of aromatic nitrogens is 2. The van der Waals surface area contributed by atoms with E-state index in [1.54, 1.807) is 4.68 Å². The Morgan fingerprint density at radius 1 is 1.50 bits per heavy atom. The second kappa shape index (κ2) is 4.50. The van der Waals surface area contributed by atoms with Gasteiger partial charge in [0, 0.05) is 25.8 Å². The summed E-state index contributed by atoms with van der Waals surface area (Å²) in [6.45, 7) is 0.725. The van der Waals surface area contributed by atoms with Crippen molar-refractivity contribution in [1.82, 2.24) is 9.78 Å². The minimum Gasteiger partial charge on any atom is -0.375 e. The Morgan fingerprint density at radius 3 is 2.94 bits per heavy atom. The van der Waals surface area contributed by atoms with Gasteiger partial charge in [-0.15, -0.1) is 0 Å². The van der Waals surface area contributed by atoms with Crippen LogP contribution in [0.25, 0.3) is 0 Å². The summed E-state index contributed by atoms with van der Waals surface area (Å²) in [6.07, 6.45) is 8.30. The second-order valence-corrected chi connectivity index (χ2v) is 5.67. The van der Waals surface area contributed by atoms with Crippen molar-refractivity contribution in [3.8, 4) is 0 Å². The maximum atomic E-state index is 12.4. The van der Waals surface area contributed by atoms with Crippen molar-refractivity contribution in [3.05, 3.63) is 18.0 Å². The lowest BCUT2D eigenvalue weighted by molar-refractivity contribution is -0.0866. The summed E-state index contributed by atoms with van der Waals surface area (Å²) in [4.78, 5) is 12.4. The highest BCUT2D eigenvalue weighted by Crippen LogP contribution is 2.42. The lowest BCUT2D eigenvalue weighted by atomic mass is 9.81. The molecule has 4 nitrogen and oxygen atoms in total. The molecule has 0 aromatic carbocycles. The zero-order valence-corrected chi connectivity index (χ0v) is 10.9. The van der Waals surface area contributed by atoms with Crippen LogP contribution in [0, 0.1) is 5.92 Å². The number of carbonyl (C=O) groups excluding carboxylic acids is 1. The molecular formula is C14H20N2O2. The van der Waals surface area contributed by atoms with Crippen LogP contribution in [0.5, 0.6) is 0 Å². The molecule has 1 spiro atoms. The average Bonchev–Trinajstić information content (AvgIpc) is 2.98. The van der Waals surface area contributed by atoms with Gasteiger partial charge in [0.2, 0.25) is 0 Å². The number of aryl methyl sites for hydroxylation is 1. The Kier molecular flexibility index (Phi) is 2.98. The van der Waals surface area contributed by atoms with Crippen molar-refractivity contribution in [2.45, 2.75) is 44.1 Å². The molecule has 1 aliphatic carbocycles. The fourth-order valence-corrected chi connectivity index (χ4v) is 3.37. The fraction of sp³-hybridized carbons (Fsp3) is 0.714. The first kappa shape index (κ1) is 11.9. The quantitative estimate of drug-likeness (QED) is 0.755. The lowest BCUT2D eigenvalue weighted by Gasteiger charge is -2.37. The van der Waals surface area contributed by atoms with Gasteiger partial charge in [-0.3, -0.25) is 9.48 Å². The van der Waals surface area contributed by atoms with Crippen molar-refractivity contribution in [3.63, 3.8) is 0 Å². The molecule has 0 amide bonds. The molecule has 2 heterocycles. The Bertz CT molecular complexity index is 446. The lowest BCUT2D eigenvalue weighted by Crippen LogP contribution is -2.39. The topological polar surface area (TPSA) is 44.1 Å². The van der Waals surface area contributed by atoms with Gasteiger partial charge in [-0.2, -0.15) is 5.10 Å². The van der Waals surface area contributed by atoms with Gasteiger partial charge in [0.1, 0.15) is 5.69 Å². The Balaban J connectivity index is 1.74. The first-order valence-corrected chi connectivity index (χ1v) is 6.86. The van der Waals surface area contributed by atoms with E-state index in [9.17, 15) is 4.79 Å². The molecule has 1 saturated carbocycles. The molecule has 1 unspecified atom stereocenters. The van der Waals surface area contributed by atoms with Gasteiger partial charge >= 0.3 is 0 Å². The van der Waals surface area contributed by atoms with E-state index in [1.807, 2.05) is 19.3 Å². The highest BCUT2D eigenvalue weighted by atomic mass is 16.5. The van der Waals surface area contributed by atoms with Crippen LogP contribution < -0.4 is 0 Å². The summed E-state index contributed by atoms with van der Waals surface area (Å²) in [7, 11) is 1.85. The summed E-state index contributed by atoms with van der Waals surface area (Å²) in [6, 6.07) is 1.82. The molecule has 0 bridgehead atoms. The number of carbonyl (C=O) groups is 1. The van der Waals surface area contributed by atoms with E-state index in [4.69, 9.17) is 4.74 Å². The number of nitrogens with zero attached hydrogens (tertiary/aromatic N) is 2. The summed E-state index contributed by atoms with van der Waals surface area (Å²) in [5.74, 6) is 0.303. The van der Waals surface area contributed by atoms with Gasteiger partial charge in [-0.25, -0.2) is 0 Å². The first-order valence-electron chi connectivity index (χ1n) is 6.86. The molecule has 3 rings (SSSR count). The van der Waals surface area contributed by atoms with E-state index in [0.717, 1.165) is 32.3 Å². The number of hydrogen-bond donors (Lipinski definition) is 0. The molecule has 1 aliphatic heterocycles. The zero-order valence-electron chi connectivity index (χ0n) is 10.9. The SMILES string of the molecule is Cn1ccc(C(=O)C2CCOC3(CCCC3)C2)n1. The van der Waals surface area contributed by atoms with Gasteiger partial charge < -0.3 is 4.74 Å². The summed E-state index contributed by atoms with van der Waals surface area (Å²) in [5, 5.41) is 4.23. The molecule has 18 heavy (non-hydrogen) atoms. The average molecular weight is 248 g/mol. The standard InChI is InChI=1S/C14H20N2O2/c1-16-8-4-12(15-16)13(17)11-5-9-18-14(10-11)6-2-3-7-14/h4,8,11H,2-3,5-7,9-10H2,1H3. The van der Waals surface area contributed by atoms with E-state index in [1.165, 1.54) is 12.8 Å². The molecule has 1 aromatic rings. The molecule has 1 aromatic heterocycles. The second-order valence-electron chi connectivity index (χ2n) is 5.67. The summed E-state index contributed by atoms with van der Waals surface area (Å²) in [5.41, 5.74) is 0.616. The molecular weight excluding hydrogens is 228 g/mol. The Hall–Kier alpha value is -1.16. The monoisotopic (exact) mass is 248 g/mol. The van der Waals surface area contributed by atoms with Crippen molar-refractivity contribution >= 4 is 5.78 Å². The molecule has 1 atom stereocenters. The number of Topliss-reactive ketones (excluding diaryl/α,β-unsaturated/α-hetero) is 1. The molecule has 4 heteroatoms.